The minimum absolute atomic E-state index is 0.150. The number of carbonyl (C=O) groups excluding carboxylic acids is 1. The maximum Gasteiger partial charge on any atom is 0.317 e. The van der Waals surface area contributed by atoms with Gasteiger partial charge in [-0.1, -0.05) is 36.4 Å². The summed E-state index contributed by atoms with van der Waals surface area (Å²) >= 11 is 0. The van der Waals surface area contributed by atoms with Gasteiger partial charge < -0.3 is 15.0 Å². The summed E-state index contributed by atoms with van der Waals surface area (Å²) in [6.45, 7) is 0.890. The number of nitrogens with one attached hydrogen (secondary N) is 1. The zero-order valence-electron chi connectivity index (χ0n) is 14.9. The molecule has 0 atom stereocenters. The number of para-hydroxylation sites is 2. The smallest absolute Gasteiger partial charge is 0.317 e. The average molecular weight is 350 g/mol. The molecule has 0 unspecified atom stereocenters. The molecular formula is C20H22N4O2. The first-order valence-corrected chi connectivity index (χ1v) is 8.37. The maximum absolute atomic E-state index is 12.3. The van der Waals surface area contributed by atoms with Crippen molar-refractivity contribution in [1.29, 1.82) is 0 Å². The summed E-state index contributed by atoms with van der Waals surface area (Å²) in [5.74, 6) is 0.764. The Kier molecular flexibility index (Phi) is 5.53. The summed E-state index contributed by atoms with van der Waals surface area (Å²) in [7, 11) is 3.38. The van der Waals surface area contributed by atoms with E-state index in [0.29, 0.717) is 13.1 Å². The Morgan fingerprint density at radius 3 is 2.65 bits per heavy atom. The van der Waals surface area contributed by atoms with Crippen LogP contribution in [-0.4, -0.2) is 34.9 Å². The highest BCUT2D eigenvalue weighted by Crippen LogP contribution is 2.17. The first-order valence-electron chi connectivity index (χ1n) is 8.37. The molecule has 0 aliphatic rings. The van der Waals surface area contributed by atoms with Crippen molar-refractivity contribution in [1.82, 2.24) is 20.0 Å². The van der Waals surface area contributed by atoms with Gasteiger partial charge in [0, 0.05) is 30.9 Å². The highest BCUT2D eigenvalue weighted by molar-refractivity contribution is 5.73. The van der Waals surface area contributed by atoms with Crippen LogP contribution in [0.3, 0.4) is 0 Å². The van der Waals surface area contributed by atoms with E-state index in [1.165, 1.54) is 0 Å². The van der Waals surface area contributed by atoms with E-state index in [-0.39, 0.29) is 6.03 Å². The summed E-state index contributed by atoms with van der Waals surface area (Å²) in [5, 5.41) is 7.27. The molecule has 0 saturated carbocycles. The summed E-state index contributed by atoms with van der Waals surface area (Å²) in [4.78, 5) is 14.0. The van der Waals surface area contributed by atoms with Crippen molar-refractivity contribution < 1.29 is 9.53 Å². The van der Waals surface area contributed by atoms with Crippen LogP contribution in [0, 0.1) is 0 Å². The van der Waals surface area contributed by atoms with Crippen LogP contribution in [-0.2, 0) is 13.1 Å². The number of aromatic nitrogens is 2. The molecule has 0 fully saturated rings. The number of amides is 2. The lowest BCUT2D eigenvalue weighted by Gasteiger charge is -2.17. The van der Waals surface area contributed by atoms with Gasteiger partial charge in [0.1, 0.15) is 5.75 Å². The van der Waals surface area contributed by atoms with Crippen molar-refractivity contribution in [3.63, 3.8) is 0 Å². The number of hydrogen-bond donors (Lipinski definition) is 1. The monoisotopic (exact) mass is 350 g/mol. The van der Waals surface area contributed by atoms with Gasteiger partial charge in [-0.3, -0.25) is 0 Å². The molecule has 26 heavy (non-hydrogen) atoms. The van der Waals surface area contributed by atoms with E-state index in [1.54, 1.807) is 29.9 Å². The SMILES string of the molecule is COc1ccccc1CNC(=O)N(C)Cc1cnn(-c2ccccc2)c1. The van der Waals surface area contributed by atoms with Gasteiger partial charge in [0.2, 0.25) is 0 Å². The second-order valence-corrected chi connectivity index (χ2v) is 5.96. The van der Waals surface area contributed by atoms with Gasteiger partial charge in [-0.15, -0.1) is 0 Å². The summed E-state index contributed by atoms with van der Waals surface area (Å²) in [5.41, 5.74) is 2.89. The van der Waals surface area contributed by atoms with E-state index < -0.39 is 0 Å². The summed E-state index contributed by atoms with van der Waals surface area (Å²) in [6, 6.07) is 17.4. The molecule has 0 spiro atoms. The Morgan fingerprint density at radius 1 is 1.15 bits per heavy atom. The Morgan fingerprint density at radius 2 is 1.88 bits per heavy atom. The minimum Gasteiger partial charge on any atom is -0.496 e. The molecule has 0 bridgehead atoms. The minimum atomic E-state index is -0.150. The van der Waals surface area contributed by atoms with Crippen molar-refractivity contribution in [2.45, 2.75) is 13.1 Å². The lowest BCUT2D eigenvalue weighted by atomic mass is 10.2. The molecule has 0 radical (unpaired) electrons. The quantitative estimate of drug-likeness (QED) is 0.742. The fraction of sp³-hybridized carbons (Fsp3) is 0.200. The van der Waals surface area contributed by atoms with Crippen LogP contribution in [0.4, 0.5) is 4.79 Å². The largest absolute Gasteiger partial charge is 0.496 e. The number of ether oxygens (including phenoxy) is 1. The van der Waals surface area contributed by atoms with Crippen LogP contribution in [0.2, 0.25) is 0 Å². The number of nitrogens with zero attached hydrogens (tertiary/aromatic N) is 3. The normalized spacial score (nSPS) is 10.4. The predicted octanol–water partition coefficient (Wildman–Crippen LogP) is 3.22. The van der Waals surface area contributed by atoms with Crippen molar-refractivity contribution >= 4 is 6.03 Å². The van der Waals surface area contributed by atoms with Crippen molar-refractivity contribution in [3.05, 3.63) is 78.1 Å². The molecule has 1 N–H and O–H groups in total. The molecule has 134 valence electrons. The number of rotatable bonds is 6. The number of carbonyl (C=O) groups is 1. The average Bonchev–Trinajstić information content (AvgIpc) is 3.15. The fourth-order valence-electron chi connectivity index (χ4n) is 2.66. The summed E-state index contributed by atoms with van der Waals surface area (Å²) < 4.78 is 7.10. The molecule has 6 heteroatoms. The van der Waals surface area contributed by atoms with E-state index >= 15 is 0 Å². The van der Waals surface area contributed by atoms with E-state index in [2.05, 4.69) is 10.4 Å². The van der Waals surface area contributed by atoms with E-state index in [4.69, 9.17) is 4.74 Å². The van der Waals surface area contributed by atoms with Crippen molar-refractivity contribution in [3.8, 4) is 11.4 Å². The van der Waals surface area contributed by atoms with Gasteiger partial charge in [0.25, 0.3) is 0 Å². The lowest BCUT2D eigenvalue weighted by Crippen LogP contribution is -2.36. The molecule has 1 heterocycles. The van der Waals surface area contributed by atoms with Gasteiger partial charge in [-0.25, -0.2) is 9.48 Å². The van der Waals surface area contributed by atoms with E-state index in [0.717, 1.165) is 22.6 Å². The van der Waals surface area contributed by atoms with Crippen LogP contribution < -0.4 is 10.1 Å². The van der Waals surface area contributed by atoms with E-state index in [9.17, 15) is 4.79 Å². The third-order valence-corrected chi connectivity index (χ3v) is 4.05. The Balaban J connectivity index is 1.57. The molecule has 0 aliphatic heterocycles. The summed E-state index contributed by atoms with van der Waals surface area (Å²) in [6.07, 6.45) is 3.70. The van der Waals surface area contributed by atoms with Crippen LogP contribution in [0.5, 0.6) is 5.75 Å². The topological polar surface area (TPSA) is 59.4 Å². The lowest BCUT2D eigenvalue weighted by molar-refractivity contribution is 0.206. The number of hydrogen-bond acceptors (Lipinski definition) is 3. The Labute approximate surface area is 153 Å². The van der Waals surface area contributed by atoms with Gasteiger partial charge in [-0.2, -0.15) is 5.10 Å². The molecule has 2 aromatic carbocycles. The zero-order chi connectivity index (χ0) is 18.4. The maximum atomic E-state index is 12.3. The fourth-order valence-corrected chi connectivity index (χ4v) is 2.66. The first kappa shape index (κ1) is 17.5. The number of urea groups is 1. The molecule has 3 rings (SSSR count). The van der Waals surface area contributed by atoms with E-state index in [1.807, 2.05) is 60.8 Å². The standard InChI is InChI=1S/C20H22N4O2/c1-23(20(25)21-13-17-8-6-7-11-19(17)26-2)14-16-12-22-24(15-16)18-9-4-3-5-10-18/h3-12,15H,13-14H2,1-2H3,(H,21,25). The highest BCUT2D eigenvalue weighted by atomic mass is 16.5. The van der Waals surface area contributed by atoms with Crippen LogP contribution >= 0.6 is 0 Å². The van der Waals surface area contributed by atoms with Crippen molar-refractivity contribution in [2.75, 3.05) is 14.2 Å². The molecular weight excluding hydrogens is 328 g/mol. The molecule has 0 saturated heterocycles. The second kappa shape index (κ2) is 8.20. The molecule has 1 aromatic heterocycles. The molecule has 0 aliphatic carbocycles. The second-order valence-electron chi connectivity index (χ2n) is 5.96. The van der Waals surface area contributed by atoms with Crippen LogP contribution in [0.15, 0.2) is 67.0 Å². The van der Waals surface area contributed by atoms with Gasteiger partial charge in [0.15, 0.2) is 0 Å². The number of benzene rings is 2. The number of methoxy groups -OCH3 is 1. The van der Waals surface area contributed by atoms with Gasteiger partial charge in [-0.05, 0) is 18.2 Å². The van der Waals surface area contributed by atoms with Gasteiger partial charge >= 0.3 is 6.03 Å². The first-order chi connectivity index (χ1) is 12.7. The molecule has 2 amide bonds. The predicted molar refractivity (Wildman–Crippen MR) is 100 cm³/mol. The van der Waals surface area contributed by atoms with Crippen LogP contribution in [0.1, 0.15) is 11.1 Å². The van der Waals surface area contributed by atoms with Crippen molar-refractivity contribution in [2.24, 2.45) is 0 Å². The third kappa shape index (κ3) is 4.22. The zero-order valence-corrected chi connectivity index (χ0v) is 14.9. The third-order valence-electron chi connectivity index (χ3n) is 4.05. The molecule has 6 nitrogen and oxygen atoms in total. The molecule has 3 aromatic rings. The Hall–Kier alpha value is -3.28. The Bertz CT molecular complexity index is 861. The highest BCUT2D eigenvalue weighted by Gasteiger charge is 2.11. The van der Waals surface area contributed by atoms with Crippen LogP contribution in [0.25, 0.3) is 5.69 Å². The van der Waals surface area contributed by atoms with Gasteiger partial charge in [0.05, 0.1) is 25.5 Å².